The van der Waals surface area contributed by atoms with Crippen molar-refractivity contribution < 1.29 is 15.3 Å². The molecule has 2 unspecified atom stereocenters. The molecular formula is C10H14BrNO3. The lowest BCUT2D eigenvalue weighted by Gasteiger charge is -2.17. The fraction of sp³-hybridized carbons (Fsp3) is 0.400. The number of hydrogen-bond acceptors (Lipinski definition) is 4. The van der Waals surface area contributed by atoms with Gasteiger partial charge in [0.25, 0.3) is 0 Å². The predicted octanol–water partition coefficient (Wildman–Crippen LogP) is 0.294. The smallest absolute Gasteiger partial charge is 0.106 e. The minimum absolute atomic E-state index is 0.00825. The van der Waals surface area contributed by atoms with Crippen LogP contribution in [-0.4, -0.2) is 28.0 Å². The Balaban J connectivity index is 2.95. The summed E-state index contributed by atoms with van der Waals surface area (Å²) in [6.45, 7) is -0.133. The summed E-state index contributed by atoms with van der Waals surface area (Å²) >= 11 is 3.27. The fourth-order valence-electron chi connectivity index (χ4n) is 1.25. The molecule has 0 heterocycles. The molecule has 0 saturated carbocycles. The van der Waals surface area contributed by atoms with Crippen molar-refractivity contribution in [3.05, 3.63) is 33.8 Å². The maximum atomic E-state index is 9.67. The van der Waals surface area contributed by atoms with Crippen LogP contribution in [-0.2, 0) is 6.61 Å². The van der Waals surface area contributed by atoms with Crippen molar-refractivity contribution in [1.29, 1.82) is 0 Å². The van der Waals surface area contributed by atoms with Crippen LogP contribution >= 0.6 is 15.9 Å². The summed E-state index contributed by atoms with van der Waals surface area (Å²) in [6.07, 6.45) is -2.01. The molecule has 0 aromatic heterocycles. The molecule has 0 bridgehead atoms. The van der Waals surface area contributed by atoms with Crippen LogP contribution in [0, 0.1) is 0 Å². The molecule has 0 amide bonds. The Morgan fingerprint density at radius 1 is 1.33 bits per heavy atom. The van der Waals surface area contributed by atoms with Gasteiger partial charge in [-0.15, -0.1) is 0 Å². The Labute approximate surface area is 96.5 Å². The quantitative estimate of drug-likeness (QED) is 0.637. The summed E-state index contributed by atoms with van der Waals surface area (Å²) in [5.74, 6) is 0. The minimum Gasteiger partial charge on any atom is -0.392 e. The van der Waals surface area contributed by atoms with Gasteiger partial charge in [0.15, 0.2) is 0 Å². The van der Waals surface area contributed by atoms with Gasteiger partial charge in [0, 0.05) is 11.0 Å². The average Bonchev–Trinajstić information content (AvgIpc) is 2.27. The summed E-state index contributed by atoms with van der Waals surface area (Å²) in [7, 11) is 0. The highest BCUT2D eigenvalue weighted by molar-refractivity contribution is 9.10. The van der Waals surface area contributed by atoms with Gasteiger partial charge in [-0.05, 0) is 23.3 Å². The van der Waals surface area contributed by atoms with E-state index in [1.165, 1.54) is 0 Å². The van der Waals surface area contributed by atoms with Crippen LogP contribution < -0.4 is 5.73 Å². The van der Waals surface area contributed by atoms with E-state index in [0.717, 1.165) is 4.47 Å². The molecule has 0 aliphatic carbocycles. The van der Waals surface area contributed by atoms with E-state index >= 15 is 0 Å². The van der Waals surface area contributed by atoms with Crippen molar-refractivity contribution in [1.82, 2.24) is 0 Å². The first-order chi connectivity index (χ1) is 7.10. The molecule has 0 spiro atoms. The highest BCUT2D eigenvalue weighted by Gasteiger charge is 2.17. The molecular weight excluding hydrogens is 262 g/mol. The fourth-order valence-corrected chi connectivity index (χ4v) is 1.62. The summed E-state index contributed by atoms with van der Waals surface area (Å²) in [5, 5.41) is 28.1. The van der Waals surface area contributed by atoms with Gasteiger partial charge in [0.2, 0.25) is 0 Å². The summed E-state index contributed by atoms with van der Waals surface area (Å²) < 4.78 is 0.767. The van der Waals surface area contributed by atoms with Crippen molar-refractivity contribution in [3.63, 3.8) is 0 Å². The maximum Gasteiger partial charge on any atom is 0.106 e. The number of halogens is 1. The Hall–Kier alpha value is -0.460. The second kappa shape index (κ2) is 5.58. The number of benzene rings is 1. The van der Waals surface area contributed by atoms with Gasteiger partial charge in [-0.3, -0.25) is 0 Å². The number of aliphatic hydroxyl groups excluding tert-OH is 3. The molecule has 1 aromatic carbocycles. The standard InChI is InChI=1S/C10H14BrNO3/c11-8-2-1-6(3-7(8)5-13)10(15)9(14)4-12/h1-3,9-10,13-15H,4-5,12H2. The lowest BCUT2D eigenvalue weighted by molar-refractivity contribution is 0.0242. The Kier molecular flexibility index (Phi) is 4.69. The topological polar surface area (TPSA) is 86.7 Å². The van der Waals surface area contributed by atoms with E-state index < -0.39 is 12.2 Å². The highest BCUT2D eigenvalue weighted by Crippen LogP contribution is 2.23. The molecule has 5 heteroatoms. The van der Waals surface area contributed by atoms with Crippen LogP contribution in [0.1, 0.15) is 17.2 Å². The van der Waals surface area contributed by atoms with Gasteiger partial charge < -0.3 is 21.1 Å². The van der Waals surface area contributed by atoms with Crippen molar-refractivity contribution in [2.24, 2.45) is 5.73 Å². The number of aliphatic hydroxyl groups is 3. The van der Waals surface area contributed by atoms with Gasteiger partial charge in [-0.1, -0.05) is 22.0 Å². The van der Waals surface area contributed by atoms with E-state index in [2.05, 4.69) is 15.9 Å². The highest BCUT2D eigenvalue weighted by atomic mass is 79.9. The van der Waals surface area contributed by atoms with Crippen LogP contribution in [0.5, 0.6) is 0 Å². The van der Waals surface area contributed by atoms with E-state index in [4.69, 9.17) is 10.8 Å². The minimum atomic E-state index is -1.02. The molecule has 4 nitrogen and oxygen atoms in total. The lowest BCUT2D eigenvalue weighted by Crippen LogP contribution is -2.27. The second-order valence-corrected chi connectivity index (χ2v) is 4.11. The molecule has 5 N–H and O–H groups in total. The lowest BCUT2D eigenvalue weighted by atomic mass is 10.0. The first-order valence-electron chi connectivity index (χ1n) is 4.55. The number of rotatable bonds is 4. The summed E-state index contributed by atoms with van der Waals surface area (Å²) in [6, 6.07) is 5.02. The molecule has 0 fully saturated rings. The summed E-state index contributed by atoms with van der Waals surface area (Å²) in [4.78, 5) is 0. The number of hydrogen-bond donors (Lipinski definition) is 4. The largest absolute Gasteiger partial charge is 0.392 e. The summed E-state index contributed by atoms with van der Waals surface area (Å²) in [5.41, 5.74) is 6.45. The Morgan fingerprint density at radius 3 is 2.53 bits per heavy atom. The third kappa shape index (κ3) is 2.99. The molecule has 0 aliphatic heterocycles. The normalized spacial score (nSPS) is 15.0. The van der Waals surface area contributed by atoms with E-state index in [0.29, 0.717) is 11.1 Å². The molecule has 0 aliphatic rings. The molecule has 84 valence electrons. The zero-order chi connectivity index (χ0) is 11.4. The molecule has 0 radical (unpaired) electrons. The van der Waals surface area contributed by atoms with E-state index in [9.17, 15) is 10.2 Å². The molecule has 0 saturated heterocycles. The van der Waals surface area contributed by atoms with Gasteiger partial charge in [-0.25, -0.2) is 0 Å². The van der Waals surface area contributed by atoms with Gasteiger partial charge in [0.05, 0.1) is 12.7 Å². The average molecular weight is 276 g/mol. The second-order valence-electron chi connectivity index (χ2n) is 3.26. The van der Waals surface area contributed by atoms with Crippen molar-refractivity contribution in [3.8, 4) is 0 Å². The van der Waals surface area contributed by atoms with Gasteiger partial charge in [0.1, 0.15) is 6.10 Å². The zero-order valence-electron chi connectivity index (χ0n) is 8.10. The van der Waals surface area contributed by atoms with Crippen LogP contribution in [0.15, 0.2) is 22.7 Å². The molecule has 2 atom stereocenters. The van der Waals surface area contributed by atoms with E-state index in [1.54, 1.807) is 18.2 Å². The third-order valence-electron chi connectivity index (χ3n) is 2.19. The molecule has 1 rings (SSSR count). The monoisotopic (exact) mass is 275 g/mol. The van der Waals surface area contributed by atoms with E-state index in [1.807, 2.05) is 0 Å². The SMILES string of the molecule is NCC(O)C(O)c1ccc(Br)c(CO)c1. The molecule has 1 aromatic rings. The van der Waals surface area contributed by atoms with Gasteiger partial charge in [-0.2, -0.15) is 0 Å². The van der Waals surface area contributed by atoms with E-state index in [-0.39, 0.29) is 13.2 Å². The zero-order valence-corrected chi connectivity index (χ0v) is 9.68. The van der Waals surface area contributed by atoms with Crippen molar-refractivity contribution >= 4 is 15.9 Å². The van der Waals surface area contributed by atoms with Crippen LogP contribution in [0.3, 0.4) is 0 Å². The first kappa shape index (κ1) is 12.6. The third-order valence-corrected chi connectivity index (χ3v) is 2.96. The van der Waals surface area contributed by atoms with Crippen LogP contribution in [0.4, 0.5) is 0 Å². The van der Waals surface area contributed by atoms with Gasteiger partial charge >= 0.3 is 0 Å². The van der Waals surface area contributed by atoms with Crippen molar-refractivity contribution in [2.75, 3.05) is 6.54 Å². The molecule has 15 heavy (non-hydrogen) atoms. The first-order valence-corrected chi connectivity index (χ1v) is 5.34. The van der Waals surface area contributed by atoms with Crippen molar-refractivity contribution in [2.45, 2.75) is 18.8 Å². The predicted molar refractivity (Wildman–Crippen MR) is 60.1 cm³/mol. The Morgan fingerprint density at radius 2 is 2.00 bits per heavy atom. The number of nitrogens with two attached hydrogens (primary N) is 1. The van der Waals surface area contributed by atoms with Crippen LogP contribution in [0.25, 0.3) is 0 Å². The Bertz CT molecular complexity index is 332. The van der Waals surface area contributed by atoms with Crippen LogP contribution in [0.2, 0.25) is 0 Å². The maximum absolute atomic E-state index is 9.67.